The molecule has 1 aliphatic heterocycles. The van der Waals surface area contributed by atoms with Crippen molar-refractivity contribution < 1.29 is 9.72 Å². The molecule has 2 rings (SSSR count). The number of carbonyl (C=O) groups is 1. The summed E-state index contributed by atoms with van der Waals surface area (Å²) in [4.78, 5) is 23.0. The van der Waals surface area contributed by atoms with E-state index in [9.17, 15) is 14.9 Å². The molecular weight excluding hydrogens is 234 g/mol. The minimum atomic E-state index is -0.530. The van der Waals surface area contributed by atoms with E-state index in [-0.39, 0.29) is 17.4 Å². The smallest absolute Gasteiger partial charge is 0.322 e. The Balaban J connectivity index is 2.48. The summed E-state index contributed by atoms with van der Waals surface area (Å²) in [5.74, 6) is 0. The van der Waals surface area contributed by atoms with Crippen LogP contribution < -0.4 is 10.2 Å². The van der Waals surface area contributed by atoms with Crippen molar-refractivity contribution >= 4 is 29.0 Å². The van der Waals surface area contributed by atoms with Crippen LogP contribution in [0.25, 0.3) is 0 Å². The number of benzene rings is 1. The topological polar surface area (TPSA) is 75.5 Å². The van der Waals surface area contributed by atoms with Crippen LogP contribution in [0.2, 0.25) is 5.02 Å². The zero-order chi connectivity index (χ0) is 11.7. The molecular formula is C9H8ClN3O3. The third-order valence-corrected chi connectivity index (χ3v) is 2.52. The number of hydrogen-bond donors (Lipinski definition) is 1. The van der Waals surface area contributed by atoms with Gasteiger partial charge in [0.2, 0.25) is 0 Å². The molecule has 0 bridgehead atoms. The third kappa shape index (κ3) is 1.79. The van der Waals surface area contributed by atoms with E-state index >= 15 is 0 Å². The number of carbonyl (C=O) groups excluding carboxylic acids is 1. The van der Waals surface area contributed by atoms with Gasteiger partial charge in [-0.2, -0.15) is 0 Å². The second-order valence-electron chi connectivity index (χ2n) is 3.27. The van der Waals surface area contributed by atoms with E-state index < -0.39 is 4.92 Å². The Hall–Kier alpha value is -1.82. The van der Waals surface area contributed by atoms with Crippen molar-refractivity contribution in [2.24, 2.45) is 0 Å². The highest BCUT2D eigenvalue weighted by Gasteiger charge is 2.27. The lowest BCUT2D eigenvalue weighted by Crippen LogP contribution is -2.28. The molecule has 1 N–H and O–H groups in total. The van der Waals surface area contributed by atoms with Crippen molar-refractivity contribution in [2.75, 3.05) is 18.0 Å². The molecule has 6 nitrogen and oxygen atoms in total. The molecule has 1 saturated heterocycles. The Bertz CT molecular complexity index is 463. The van der Waals surface area contributed by atoms with Crippen molar-refractivity contribution in [3.8, 4) is 0 Å². The van der Waals surface area contributed by atoms with Gasteiger partial charge in [0.1, 0.15) is 5.69 Å². The van der Waals surface area contributed by atoms with Gasteiger partial charge in [0.25, 0.3) is 5.69 Å². The lowest BCUT2D eigenvalue weighted by atomic mass is 10.2. The quantitative estimate of drug-likeness (QED) is 0.633. The number of halogens is 1. The summed E-state index contributed by atoms with van der Waals surface area (Å²) in [6.07, 6.45) is 0. The number of nitrogens with zero attached hydrogens (tertiary/aromatic N) is 2. The first kappa shape index (κ1) is 10.7. The molecule has 0 aromatic heterocycles. The lowest BCUT2D eigenvalue weighted by molar-refractivity contribution is -0.384. The fourth-order valence-electron chi connectivity index (χ4n) is 1.57. The standard InChI is InChI=1S/C9H8ClN3O3/c10-6-1-2-7(13(15)16)8(5-6)12-4-3-11-9(12)14/h1-2,5H,3-4H2,(H,11,14). The van der Waals surface area contributed by atoms with Crippen LogP contribution in [0, 0.1) is 10.1 Å². The number of amides is 2. The minimum absolute atomic E-state index is 0.124. The van der Waals surface area contributed by atoms with E-state index in [1.165, 1.54) is 23.1 Å². The van der Waals surface area contributed by atoms with Crippen LogP contribution in [0.5, 0.6) is 0 Å². The number of rotatable bonds is 2. The van der Waals surface area contributed by atoms with Gasteiger partial charge in [-0.25, -0.2) is 4.79 Å². The SMILES string of the molecule is O=C1NCCN1c1cc(Cl)ccc1[N+](=O)[O-]. The predicted molar refractivity (Wildman–Crippen MR) is 58.9 cm³/mol. The maximum Gasteiger partial charge on any atom is 0.322 e. The fourth-order valence-corrected chi connectivity index (χ4v) is 1.73. The van der Waals surface area contributed by atoms with Crippen molar-refractivity contribution in [3.05, 3.63) is 33.3 Å². The second kappa shape index (κ2) is 3.97. The van der Waals surface area contributed by atoms with Crippen LogP contribution in [-0.4, -0.2) is 24.0 Å². The van der Waals surface area contributed by atoms with Gasteiger partial charge >= 0.3 is 6.03 Å². The third-order valence-electron chi connectivity index (χ3n) is 2.28. The van der Waals surface area contributed by atoms with Crippen molar-refractivity contribution in [1.82, 2.24) is 5.32 Å². The minimum Gasteiger partial charge on any atom is -0.336 e. The zero-order valence-corrected chi connectivity index (χ0v) is 8.90. The molecule has 1 heterocycles. The molecule has 2 amide bonds. The van der Waals surface area contributed by atoms with Crippen molar-refractivity contribution in [2.45, 2.75) is 0 Å². The van der Waals surface area contributed by atoms with E-state index in [2.05, 4.69) is 5.32 Å². The Morgan fingerprint density at radius 3 is 2.81 bits per heavy atom. The molecule has 16 heavy (non-hydrogen) atoms. The van der Waals surface area contributed by atoms with Gasteiger partial charge in [-0.05, 0) is 12.1 Å². The fraction of sp³-hybridized carbons (Fsp3) is 0.222. The van der Waals surface area contributed by atoms with E-state index in [4.69, 9.17) is 11.6 Å². The molecule has 1 aromatic rings. The van der Waals surface area contributed by atoms with Gasteiger partial charge in [0, 0.05) is 24.2 Å². The normalized spacial score (nSPS) is 15.1. The van der Waals surface area contributed by atoms with E-state index in [0.29, 0.717) is 18.1 Å². The summed E-state index contributed by atoms with van der Waals surface area (Å²) >= 11 is 5.77. The monoisotopic (exact) mass is 241 g/mol. The van der Waals surface area contributed by atoms with Crippen LogP contribution in [0.4, 0.5) is 16.2 Å². The van der Waals surface area contributed by atoms with Crippen LogP contribution >= 0.6 is 11.6 Å². The summed E-state index contributed by atoms with van der Waals surface area (Å²) < 4.78 is 0. The van der Waals surface area contributed by atoms with E-state index in [1.54, 1.807) is 0 Å². The lowest BCUT2D eigenvalue weighted by Gasteiger charge is -2.14. The highest BCUT2D eigenvalue weighted by atomic mass is 35.5. The van der Waals surface area contributed by atoms with Crippen LogP contribution in [0.3, 0.4) is 0 Å². The molecule has 0 saturated carbocycles. The summed E-state index contributed by atoms with van der Waals surface area (Å²) in [5.41, 5.74) is 0.106. The van der Waals surface area contributed by atoms with Crippen LogP contribution in [0.1, 0.15) is 0 Å². The highest BCUT2D eigenvalue weighted by Crippen LogP contribution is 2.31. The first-order chi connectivity index (χ1) is 7.59. The molecule has 7 heteroatoms. The molecule has 0 unspecified atom stereocenters. The number of nitro benzene ring substituents is 1. The van der Waals surface area contributed by atoms with Gasteiger partial charge in [-0.3, -0.25) is 15.0 Å². The average molecular weight is 242 g/mol. The molecule has 0 atom stereocenters. The average Bonchev–Trinajstić information content (AvgIpc) is 2.63. The Kier molecular flexibility index (Phi) is 2.66. The predicted octanol–water partition coefficient (Wildman–Crippen LogP) is 1.78. The number of anilines is 1. The highest BCUT2D eigenvalue weighted by molar-refractivity contribution is 6.31. The van der Waals surface area contributed by atoms with Gasteiger partial charge < -0.3 is 5.32 Å². The summed E-state index contributed by atoms with van der Waals surface area (Å²) in [5, 5.41) is 13.7. The van der Waals surface area contributed by atoms with Crippen LogP contribution in [0.15, 0.2) is 18.2 Å². The molecule has 0 aliphatic carbocycles. The molecule has 1 aromatic carbocycles. The molecule has 84 valence electrons. The number of hydrogen-bond acceptors (Lipinski definition) is 3. The molecule has 0 radical (unpaired) electrons. The summed E-state index contributed by atoms with van der Waals surface area (Å²) in [6, 6.07) is 3.80. The number of urea groups is 1. The van der Waals surface area contributed by atoms with E-state index in [0.717, 1.165) is 0 Å². The van der Waals surface area contributed by atoms with Crippen molar-refractivity contribution in [3.63, 3.8) is 0 Å². The maximum atomic E-state index is 11.4. The number of nitrogens with one attached hydrogen (secondary N) is 1. The van der Waals surface area contributed by atoms with Gasteiger partial charge in [-0.15, -0.1) is 0 Å². The van der Waals surface area contributed by atoms with E-state index in [1.807, 2.05) is 0 Å². The van der Waals surface area contributed by atoms with Gasteiger partial charge in [0.15, 0.2) is 0 Å². The Labute approximate surface area is 95.9 Å². The Morgan fingerprint density at radius 1 is 1.50 bits per heavy atom. The maximum absolute atomic E-state index is 11.4. The van der Waals surface area contributed by atoms with Gasteiger partial charge in [0.05, 0.1) is 4.92 Å². The first-order valence-corrected chi connectivity index (χ1v) is 4.96. The van der Waals surface area contributed by atoms with Crippen LogP contribution in [-0.2, 0) is 0 Å². The summed E-state index contributed by atoms with van der Waals surface area (Å²) in [6.45, 7) is 0.877. The summed E-state index contributed by atoms with van der Waals surface area (Å²) in [7, 11) is 0. The molecule has 0 spiro atoms. The first-order valence-electron chi connectivity index (χ1n) is 4.59. The molecule has 1 fully saturated rings. The molecule has 1 aliphatic rings. The zero-order valence-electron chi connectivity index (χ0n) is 8.14. The second-order valence-corrected chi connectivity index (χ2v) is 3.71. The largest absolute Gasteiger partial charge is 0.336 e. The van der Waals surface area contributed by atoms with Crippen molar-refractivity contribution in [1.29, 1.82) is 0 Å². The Morgan fingerprint density at radius 2 is 2.25 bits per heavy atom. The van der Waals surface area contributed by atoms with Gasteiger partial charge in [-0.1, -0.05) is 11.6 Å². The number of nitro groups is 1.